The first-order chi connectivity index (χ1) is 10.6. The highest BCUT2D eigenvalue weighted by molar-refractivity contribution is 5.78. The van der Waals surface area contributed by atoms with Crippen LogP contribution >= 0.6 is 0 Å². The molecule has 5 heteroatoms. The number of para-hydroxylation sites is 1. The zero-order chi connectivity index (χ0) is 15.9. The first-order valence-corrected chi connectivity index (χ1v) is 7.85. The third-order valence-corrected chi connectivity index (χ3v) is 3.95. The minimum absolute atomic E-state index is 0.0472. The second-order valence-electron chi connectivity index (χ2n) is 6.11. The SMILES string of the molecule is CN(C)C(=O)C1CCCN(CC(O)COc2ccccc2)C1. The van der Waals surface area contributed by atoms with Crippen LogP contribution in [0.3, 0.4) is 0 Å². The molecule has 1 N–H and O–H groups in total. The van der Waals surface area contributed by atoms with Crippen LogP contribution in [0.5, 0.6) is 5.75 Å². The van der Waals surface area contributed by atoms with E-state index >= 15 is 0 Å². The number of aliphatic hydroxyl groups is 1. The third kappa shape index (κ3) is 5.00. The molecule has 1 aliphatic rings. The van der Waals surface area contributed by atoms with Gasteiger partial charge in [-0.05, 0) is 31.5 Å². The Hall–Kier alpha value is -1.59. The maximum absolute atomic E-state index is 12.1. The molecule has 0 radical (unpaired) electrons. The van der Waals surface area contributed by atoms with Gasteiger partial charge < -0.3 is 14.7 Å². The molecular weight excluding hydrogens is 280 g/mol. The summed E-state index contributed by atoms with van der Waals surface area (Å²) in [7, 11) is 3.59. The van der Waals surface area contributed by atoms with Crippen LogP contribution in [0.1, 0.15) is 12.8 Å². The average molecular weight is 306 g/mol. The van der Waals surface area contributed by atoms with E-state index in [2.05, 4.69) is 4.90 Å². The van der Waals surface area contributed by atoms with Gasteiger partial charge >= 0.3 is 0 Å². The molecule has 1 amide bonds. The lowest BCUT2D eigenvalue weighted by Gasteiger charge is -2.34. The number of aliphatic hydroxyl groups excluding tert-OH is 1. The number of carbonyl (C=O) groups excluding carboxylic acids is 1. The number of carbonyl (C=O) groups is 1. The fourth-order valence-electron chi connectivity index (χ4n) is 2.85. The lowest BCUT2D eigenvalue weighted by molar-refractivity contribution is -0.135. The molecule has 5 nitrogen and oxygen atoms in total. The number of likely N-dealkylation sites (tertiary alicyclic amines) is 1. The monoisotopic (exact) mass is 306 g/mol. The molecule has 1 aromatic carbocycles. The van der Waals surface area contributed by atoms with E-state index in [1.807, 2.05) is 30.3 Å². The molecule has 1 saturated heterocycles. The van der Waals surface area contributed by atoms with Crippen LogP contribution in [0.25, 0.3) is 0 Å². The van der Waals surface area contributed by atoms with E-state index in [4.69, 9.17) is 4.74 Å². The van der Waals surface area contributed by atoms with Crippen LogP contribution in [-0.4, -0.2) is 67.3 Å². The molecule has 2 rings (SSSR count). The van der Waals surface area contributed by atoms with Gasteiger partial charge in [0.15, 0.2) is 0 Å². The Kier molecular flexibility index (Phi) is 6.21. The highest BCUT2D eigenvalue weighted by Crippen LogP contribution is 2.18. The molecule has 1 aromatic rings. The maximum Gasteiger partial charge on any atom is 0.226 e. The lowest BCUT2D eigenvalue weighted by Crippen LogP contribution is -2.46. The van der Waals surface area contributed by atoms with Crippen LogP contribution in [0.4, 0.5) is 0 Å². The van der Waals surface area contributed by atoms with E-state index in [-0.39, 0.29) is 18.4 Å². The number of hydrogen-bond donors (Lipinski definition) is 1. The minimum atomic E-state index is -0.548. The van der Waals surface area contributed by atoms with Gasteiger partial charge in [-0.2, -0.15) is 0 Å². The van der Waals surface area contributed by atoms with Crippen molar-refractivity contribution in [2.75, 3.05) is 40.3 Å². The molecule has 1 heterocycles. The van der Waals surface area contributed by atoms with Crippen LogP contribution < -0.4 is 4.74 Å². The number of β-amino-alcohol motifs (C(OH)–C–C–N with tert-alkyl or cyclic N) is 1. The molecule has 2 unspecified atom stereocenters. The third-order valence-electron chi connectivity index (χ3n) is 3.95. The molecule has 0 aromatic heterocycles. The Morgan fingerprint density at radius 3 is 2.82 bits per heavy atom. The van der Waals surface area contributed by atoms with Crippen molar-refractivity contribution in [3.05, 3.63) is 30.3 Å². The van der Waals surface area contributed by atoms with Gasteiger partial charge in [-0.25, -0.2) is 0 Å². The first-order valence-electron chi connectivity index (χ1n) is 7.85. The molecule has 22 heavy (non-hydrogen) atoms. The smallest absolute Gasteiger partial charge is 0.226 e. The van der Waals surface area contributed by atoms with Crippen LogP contribution in [-0.2, 0) is 4.79 Å². The summed E-state index contributed by atoms with van der Waals surface area (Å²) in [5.41, 5.74) is 0. The topological polar surface area (TPSA) is 53.0 Å². The molecule has 1 aliphatic heterocycles. The summed E-state index contributed by atoms with van der Waals surface area (Å²) in [4.78, 5) is 15.9. The maximum atomic E-state index is 12.1. The summed E-state index contributed by atoms with van der Waals surface area (Å²) in [6, 6.07) is 9.49. The molecule has 1 fully saturated rings. The highest BCUT2D eigenvalue weighted by atomic mass is 16.5. The number of amides is 1. The average Bonchev–Trinajstić information content (AvgIpc) is 2.53. The molecule has 0 aliphatic carbocycles. The Bertz CT molecular complexity index is 464. The number of benzene rings is 1. The van der Waals surface area contributed by atoms with Gasteiger partial charge in [0.25, 0.3) is 0 Å². The summed E-state index contributed by atoms with van der Waals surface area (Å²) in [6.45, 7) is 2.47. The van der Waals surface area contributed by atoms with Crippen LogP contribution in [0.2, 0.25) is 0 Å². The Morgan fingerprint density at radius 2 is 2.14 bits per heavy atom. The fourth-order valence-corrected chi connectivity index (χ4v) is 2.85. The van der Waals surface area contributed by atoms with Crippen LogP contribution in [0, 0.1) is 5.92 Å². The predicted octanol–water partition coefficient (Wildman–Crippen LogP) is 1.23. The number of rotatable bonds is 6. The summed E-state index contributed by atoms with van der Waals surface area (Å²) in [5, 5.41) is 10.1. The van der Waals surface area contributed by atoms with E-state index in [9.17, 15) is 9.90 Å². The van der Waals surface area contributed by atoms with Crippen molar-refractivity contribution in [2.45, 2.75) is 18.9 Å². The second kappa shape index (κ2) is 8.15. The van der Waals surface area contributed by atoms with Gasteiger partial charge in [0.2, 0.25) is 5.91 Å². The first kappa shape index (κ1) is 16.8. The van der Waals surface area contributed by atoms with Crippen molar-refractivity contribution in [3.8, 4) is 5.75 Å². The van der Waals surface area contributed by atoms with Gasteiger partial charge in [0.1, 0.15) is 18.5 Å². The minimum Gasteiger partial charge on any atom is -0.491 e. The molecule has 0 spiro atoms. The van der Waals surface area contributed by atoms with Crippen molar-refractivity contribution in [1.82, 2.24) is 9.80 Å². The summed E-state index contributed by atoms with van der Waals surface area (Å²) < 4.78 is 5.57. The van der Waals surface area contributed by atoms with E-state index in [1.54, 1.807) is 19.0 Å². The van der Waals surface area contributed by atoms with Crippen molar-refractivity contribution >= 4 is 5.91 Å². The largest absolute Gasteiger partial charge is 0.491 e. The van der Waals surface area contributed by atoms with Gasteiger partial charge in [-0.15, -0.1) is 0 Å². The normalized spacial score (nSPS) is 20.4. The number of ether oxygens (including phenoxy) is 1. The van der Waals surface area contributed by atoms with Crippen LogP contribution in [0.15, 0.2) is 30.3 Å². The molecular formula is C17H26N2O3. The zero-order valence-corrected chi connectivity index (χ0v) is 13.4. The predicted molar refractivity (Wildman–Crippen MR) is 85.8 cm³/mol. The highest BCUT2D eigenvalue weighted by Gasteiger charge is 2.27. The molecule has 122 valence electrons. The Balaban J connectivity index is 1.76. The van der Waals surface area contributed by atoms with E-state index in [0.717, 1.165) is 31.7 Å². The Morgan fingerprint density at radius 1 is 1.41 bits per heavy atom. The van der Waals surface area contributed by atoms with E-state index in [0.29, 0.717) is 6.54 Å². The number of hydrogen-bond acceptors (Lipinski definition) is 4. The number of nitrogens with zero attached hydrogens (tertiary/aromatic N) is 2. The second-order valence-corrected chi connectivity index (χ2v) is 6.11. The molecule has 0 bridgehead atoms. The molecule has 0 saturated carbocycles. The van der Waals surface area contributed by atoms with Gasteiger partial charge in [0.05, 0.1) is 5.92 Å². The van der Waals surface area contributed by atoms with Crippen molar-refractivity contribution in [1.29, 1.82) is 0 Å². The number of piperidine rings is 1. The Labute approximate surface area is 132 Å². The summed E-state index contributed by atoms with van der Waals surface area (Å²) in [6.07, 6.45) is 1.38. The fraction of sp³-hybridized carbons (Fsp3) is 0.588. The van der Waals surface area contributed by atoms with Crippen molar-refractivity contribution in [2.24, 2.45) is 5.92 Å². The summed E-state index contributed by atoms with van der Waals surface area (Å²) >= 11 is 0. The summed E-state index contributed by atoms with van der Waals surface area (Å²) in [5.74, 6) is 0.992. The van der Waals surface area contributed by atoms with Crippen molar-refractivity contribution in [3.63, 3.8) is 0 Å². The molecule has 2 atom stereocenters. The standard InChI is InChI=1S/C17H26N2O3/c1-18(2)17(21)14-7-6-10-19(11-14)12-15(20)13-22-16-8-4-3-5-9-16/h3-5,8-9,14-15,20H,6-7,10-13H2,1-2H3. The van der Waals surface area contributed by atoms with Gasteiger partial charge in [0, 0.05) is 27.2 Å². The van der Waals surface area contributed by atoms with E-state index in [1.165, 1.54) is 0 Å². The van der Waals surface area contributed by atoms with E-state index < -0.39 is 6.10 Å². The van der Waals surface area contributed by atoms with Crippen molar-refractivity contribution < 1.29 is 14.6 Å². The lowest BCUT2D eigenvalue weighted by atomic mass is 9.96. The van der Waals surface area contributed by atoms with Gasteiger partial charge in [-0.1, -0.05) is 18.2 Å². The quantitative estimate of drug-likeness (QED) is 0.859. The zero-order valence-electron chi connectivity index (χ0n) is 13.4. The van der Waals surface area contributed by atoms with Gasteiger partial charge in [-0.3, -0.25) is 9.69 Å².